The Kier molecular flexibility index (Phi) is 4.92. The topological polar surface area (TPSA) is 73.9 Å². The van der Waals surface area contributed by atoms with E-state index in [0.717, 1.165) is 34.7 Å². The standard InChI is InChI=1S/C20H20ClN5O/c1-13-18(15-6-8-22-9-7-15)24-25-19(13)26-11-10-23-17(20(26)27)12-14-2-4-16(21)5-3-14/h2-9,17,23H,10-12H2,1H3,(H,24,25)/t17-/m1/s1. The number of rotatable bonds is 4. The molecule has 2 N–H and O–H groups in total. The summed E-state index contributed by atoms with van der Waals surface area (Å²) in [7, 11) is 0. The van der Waals surface area contributed by atoms with Crippen molar-refractivity contribution in [3.05, 3.63) is 64.9 Å². The van der Waals surface area contributed by atoms with Crippen LogP contribution in [0, 0.1) is 6.92 Å². The molecule has 0 spiro atoms. The number of nitrogens with one attached hydrogen (secondary N) is 2. The zero-order valence-electron chi connectivity index (χ0n) is 14.9. The Balaban J connectivity index is 1.56. The molecule has 1 aromatic carbocycles. The van der Waals surface area contributed by atoms with Crippen molar-refractivity contribution in [3.63, 3.8) is 0 Å². The third-order valence-corrected chi connectivity index (χ3v) is 5.10. The third kappa shape index (κ3) is 3.59. The number of H-pyrrole nitrogens is 1. The van der Waals surface area contributed by atoms with Crippen molar-refractivity contribution < 1.29 is 4.79 Å². The van der Waals surface area contributed by atoms with E-state index in [0.29, 0.717) is 18.0 Å². The van der Waals surface area contributed by atoms with E-state index in [1.165, 1.54) is 0 Å². The summed E-state index contributed by atoms with van der Waals surface area (Å²) in [6.07, 6.45) is 4.10. The van der Waals surface area contributed by atoms with E-state index in [-0.39, 0.29) is 11.9 Å². The number of aromatic nitrogens is 3. The number of piperazine rings is 1. The first-order valence-corrected chi connectivity index (χ1v) is 9.26. The fourth-order valence-electron chi connectivity index (χ4n) is 3.42. The fraction of sp³-hybridized carbons (Fsp3) is 0.250. The van der Waals surface area contributed by atoms with Gasteiger partial charge in [-0.3, -0.25) is 19.8 Å². The molecule has 4 rings (SSSR count). The molecule has 0 unspecified atom stereocenters. The van der Waals surface area contributed by atoms with Gasteiger partial charge in [-0.25, -0.2) is 0 Å². The second-order valence-electron chi connectivity index (χ2n) is 6.61. The number of carbonyl (C=O) groups excluding carboxylic acids is 1. The molecule has 6 nitrogen and oxygen atoms in total. The molecule has 0 radical (unpaired) electrons. The maximum atomic E-state index is 13.1. The number of benzene rings is 1. The van der Waals surface area contributed by atoms with Gasteiger partial charge < -0.3 is 5.32 Å². The van der Waals surface area contributed by atoms with Crippen LogP contribution < -0.4 is 10.2 Å². The van der Waals surface area contributed by atoms with Crippen LogP contribution >= 0.6 is 11.6 Å². The van der Waals surface area contributed by atoms with Crippen LogP contribution in [0.25, 0.3) is 11.3 Å². The summed E-state index contributed by atoms with van der Waals surface area (Å²) in [4.78, 5) is 18.9. The Morgan fingerprint density at radius 1 is 1.19 bits per heavy atom. The second kappa shape index (κ2) is 7.50. The van der Waals surface area contributed by atoms with Crippen LogP contribution in [-0.2, 0) is 11.2 Å². The van der Waals surface area contributed by atoms with Crippen molar-refractivity contribution in [3.8, 4) is 11.3 Å². The molecule has 27 heavy (non-hydrogen) atoms. The van der Waals surface area contributed by atoms with E-state index in [1.807, 2.05) is 43.3 Å². The van der Waals surface area contributed by atoms with Crippen LogP contribution in [0.5, 0.6) is 0 Å². The molecule has 2 aromatic heterocycles. The van der Waals surface area contributed by atoms with E-state index in [1.54, 1.807) is 17.3 Å². The van der Waals surface area contributed by atoms with E-state index >= 15 is 0 Å². The first kappa shape index (κ1) is 17.7. The molecular weight excluding hydrogens is 362 g/mol. The number of aromatic amines is 1. The minimum atomic E-state index is -0.271. The molecule has 1 saturated heterocycles. The Hall–Kier alpha value is -2.70. The number of halogens is 1. The molecule has 3 aromatic rings. The van der Waals surface area contributed by atoms with Gasteiger partial charge in [-0.2, -0.15) is 5.10 Å². The summed E-state index contributed by atoms with van der Waals surface area (Å²) in [5.74, 6) is 0.804. The first-order valence-electron chi connectivity index (χ1n) is 8.88. The summed E-state index contributed by atoms with van der Waals surface area (Å²) >= 11 is 5.95. The summed E-state index contributed by atoms with van der Waals surface area (Å²) in [5.41, 5.74) is 3.85. The number of nitrogens with zero attached hydrogens (tertiary/aromatic N) is 3. The summed E-state index contributed by atoms with van der Waals surface area (Å²) in [6.45, 7) is 3.32. The van der Waals surface area contributed by atoms with Gasteiger partial charge in [-0.05, 0) is 43.2 Å². The quantitative estimate of drug-likeness (QED) is 0.728. The largest absolute Gasteiger partial charge is 0.304 e. The molecule has 1 amide bonds. The van der Waals surface area contributed by atoms with E-state index in [4.69, 9.17) is 11.6 Å². The van der Waals surface area contributed by atoms with Gasteiger partial charge in [-0.1, -0.05) is 23.7 Å². The number of pyridine rings is 1. The van der Waals surface area contributed by atoms with E-state index in [9.17, 15) is 4.79 Å². The van der Waals surface area contributed by atoms with Gasteiger partial charge in [0.05, 0.1) is 11.7 Å². The molecule has 1 aliphatic heterocycles. The zero-order valence-corrected chi connectivity index (χ0v) is 15.7. The van der Waals surface area contributed by atoms with Gasteiger partial charge in [0.15, 0.2) is 0 Å². The Bertz CT molecular complexity index is 939. The van der Waals surface area contributed by atoms with Gasteiger partial charge in [0.2, 0.25) is 5.91 Å². The number of anilines is 1. The molecule has 1 fully saturated rings. The van der Waals surface area contributed by atoms with Crippen molar-refractivity contribution >= 4 is 23.3 Å². The highest BCUT2D eigenvalue weighted by Gasteiger charge is 2.31. The Morgan fingerprint density at radius 2 is 1.93 bits per heavy atom. The zero-order chi connectivity index (χ0) is 18.8. The lowest BCUT2D eigenvalue weighted by molar-refractivity contribution is -0.121. The highest BCUT2D eigenvalue weighted by molar-refractivity contribution is 6.30. The molecule has 0 bridgehead atoms. The lowest BCUT2D eigenvalue weighted by Crippen LogP contribution is -2.56. The second-order valence-corrected chi connectivity index (χ2v) is 7.05. The summed E-state index contributed by atoms with van der Waals surface area (Å²) in [6, 6.07) is 11.2. The number of hydrogen-bond donors (Lipinski definition) is 2. The number of carbonyl (C=O) groups is 1. The SMILES string of the molecule is Cc1c(-c2ccncc2)n[nH]c1N1CCN[C@H](Cc2ccc(Cl)cc2)C1=O. The Labute approximate surface area is 162 Å². The van der Waals surface area contributed by atoms with Gasteiger partial charge in [0.25, 0.3) is 0 Å². The third-order valence-electron chi connectivity index (χ3n) is 4.85. The molecule has 0 saturated carbocycles. The molecule has 1 aliphatic rings. The smallest absolute Gasteiger partial charge is 0.245 e. The lowest BCUT2D eigenvalue weighted by Gasteiger charge is -2.32. The maximum Gasteiger partial charge on any atom is 0.245 e. The van der Waals surface area contributed by atoms with Gasteiger partial charge >= 0.3 is 0 Å². The van der Waals surface area contributed by atoms with E-state index in [2.05, 4.69) is 20.5 Å². The van der Waals surface area contributed by atoms with Gasteiger partial charge in [0.1, 0.15) is 5.82 Å². The average molecular weight is 382 g/mol. The van der Waals surface area contributed by atoms with Gasteiger partial charge in [-0.15, -0.1) is 0 Å². The van der Waals surface area contributed by atoms with Gasteiger partial charge in [0, 0.05) is 41.6 Å². The minimum Gasteiger partial charge on any atom is -0.304 e. The lowest BCUT2D eigenvalue weighted by atomic mass is 10.0. The summed E-state index contributed by atoms with van der Waals surface area (Å²) in [5, 5.41) is 11.5. The minimum absolute atomic E-state index is 0.0456. The molecule has 7 heteroatoms. The van der Waals surface area contributed by atoms with Crippen LogP contribution in [0.1, 0.15) is 11.1 Å². The fourth-order valence-corrected chi connectivity index (χ4v) is 3.54. The Morgan fingerprint density at radius 3 is 2.67 bits per heavy atom. The predicted octanol–water partition coefficient (Wildman–Crippen LogP) is 2.98. The average Bonchev–Trinajstić information content (AvgIpc) is 3.07. The maximum absolute atomic E-state index is 13.1. The van der Waals surface area contributed by atoms with Crippen molar-refractivity contribution in [2.75, 3.05) is 18.0 Å². The van der Waals surface area contributed by atoms with Crippen molar-refractivity contribution in [1.29, 1.82) is 0 Å². The van der Waals surface area contributed by atoms with Crippen molar-refractivity contribution in [1.82, 2.24) is 20.5 Å². The van der Waals surface area contributed by atoms with Crippen molar-refractivity contribution in [2.24, 2.45) is 0 Å². The molecule has 138 valence electrons. The molecule has 1 atom stereocenters. The van der Waals surface area contributed by atoms with Crippen LogP contribution in [0.4, 0.5) is 5.82 Å². The molecule has 0 aliphatic carbocycles. The highest BCUT2D eigenvalue weighted by atomic mass is 35.5. The van der Waals surface area contributed by atoms with Crippen LogP contribution in [-0.4, -0.2) is 40.2 Å². The number of amides is 1. The first-order chi connectivity index (χ1) is 13.1. The van der Waals surface area contributed by atoms with Crippen molar-refractivity contribution in [2.45, 2.75) is 19.4 Å². The highest BCUT2D eigenvalue weighted by Crippen LogP contribution is 2.29. The van der Waals surface area contributed by atoms with Crippen LogP contribution in [0.2, 0.25) is 5.02 Å². The van der Waals surface area contributed by atoms with E-state index < -0.39 is 0 Å². The molecule has 3 heterocycles. The monoisotopic (exact) mass is 381 g/mol. The molecular formula is C20H20ClN5O. The summed E-state index contributed by atoms with van der Waals surface area (Å²) < 4.78 is 0. The van der Waals surface area contributed by atoms with Crippen LogP contribution in [0.3, 0.4) is 0 Å². The number of hydrogen-bond acceptors (Lipinski definition) is 4. The van der Waals surface area contributed by atoms with Crippen LogP contribution in [0.15, 0.2) is 48.8 Å². The normalized spacial score (nSPS) is 17.3. The predicted molar refractivity (Wildman–Crippen MR) is 106 cm³/mol.